The molecule has 1 aromatic carbocycles. The van der Waals surface area contributed by atoms with Crippen molar-refractivity contribution in [2.24, 2.45) is 5.16 Å². The fourth-order valence-electron chi connectivity index (χ4n) is 3.37. The number of hydrogen-bond acceptors (Lipinski definition) is 4. The molecule has 5 nitrogen and oxygen atoms in total. The molecule has 0 fully saturated rings. The molecule has 2 N–H and O–H groups in total. The van der Waals surface area contributed by atoms with E-state index in [1.165, 1.54) is 23.1 Å². The lowest BCUT2D eigenvalue weighted by molar-refractivity contribution is -0.115. The summed E-state index contributed by atoms with van der Waals surface area (Å²) in [6, 6.07) is 6.90. The number of rotatable bonds is 4. The summed E-state index contributed by atoms with van der Waals surface area (Å²) >= 11 is 0. The zero-order chi connectivity index (χ0) is 18.4. The molecule has 0 saturated carbocycles. The molecule has 1 aromatic rings. The summed E-state index contributed by atoms with van der Waals surface area (Å²) in [5.74, 6) is -0.364. The van der Waals surface area contributed by atoms with Gasteiger partial charge in [0.25, 0.3) is 5.91 Å². The summed E-state index contributed by atoms with van der Waals surface area (Å²) in [7, 11) is 0. The number of amides is 1. The van der Waals surface area contributed by atoms with Crippen LogP contribution in [0.2, 0.25) is 0 Å². The van der Waals surface area contributed by atoms with E-state index in [1.807, 2.05) is 6.92 Å². The van der Waals surface area contributed by atoms with Crippen molar-refractivity contribution in [2.75, 3.05) is 13.1 Å². The zero-order valence-electron chi connectivity index (χ0n) is 15.9. The van der Waals surface area contributed by atoms with E-state index in [9.17, 15) is 4.79 Å². The van der Waals surface area contributed by atoms with Crippen molar-refractivity contribution in [2.45, 2.75) is 65.0 Å². The van der Waals surface area contributed by atoms with Gasteiger partial charge in [-0.05, 0) is 54.8 Å². The highest BCUT2D eigenvalue weighted by Crippen LogP contribution is 2.27. The number of aryl methyl sites for hydroxylation is 1. The second-order valence-electron chi connectivity index (χ2n) is 8.08. The molecule has 0 radical (unpaired) electrons. The molecular weight excluding hydrogens is 314 g/mol. The minimum atomic E-state index is -0.364. The van der Waals surface area contributed by atoms with E-state index < -0.39 is 0 Å². The molecule has 0 aliphatic carbocycles. The minimum Gasteiger partial charge on any atom is -0.411 e. The maximum Gasteiger partial charge on any atom is 0.266 e. The first-order valence-corrected chi connectivity index (χ1v) is 9.12. The summed E-state index contributed by atoms with van der Waals surface area (Å²) < 4.78 is 0. The quantitative estimate of drug-likeness (QED) is 0.501. The number of carbonyl (C=O) groups excluding carboxylic acids is 1. The number of carbonyl (C=O) groups is 1. The van der Waals surface area contributed by atoms with Gasteiger partial charge in [0.2, 0.25) is 0 Å². The number of oxime groups is 1. The summed E-state index contributed by atoms with van der Waals surface area (Å²) in [4.78, 5) is 13.9. The summed E-state index contributed by atoms with van der Waals surface area (Å²) in [6.07, 6.45) is 4.40. The lowest BCUT2D eigenvalue weighted by atomic mass is 9.84. The molecule has 1 aliphatic rings. The average molecular weight is 345 g/mol. The van der Waals surface area contributed by atoms with Gasteiger partial charge in [-0.1, -0.05) is 44.1 Å². The molecule has 0 saturated heterocycles. The van der Waals surface area contributed by atoms with Crippen LogP contribution in [0.3, 0.4) is 0 Å². The van der Waals surface area contributed by atoms with Crippen molar-refractivity contribution in [3.8, 4) is 0 Å². The van der Waals surface area contributed by atoms with E-state index in [0.717, 1.165) is 38.7 Å². The van der Waals surface area contributed by atoms with Crippen molar-refractivity contribution in [1.29, 1.82) is 0 Å². The first kappa shape index (κ1) is 19.4. The first-order chi connectivity index (χ1) is 11.8. The Hall–Kier alpha value is -1.88. The molecule has 138 valence electrons. The Kier molecular flexibility index (Phi) is 6.59. The highest BCUT2D eigenvalue weighted by Gasteiger charge is 2.19. The van der Waals surface area contributed by atoms with Crippen molar-refractivity contribution >= 4 is 12.1 Å². The van der Waals surface area contributed by atoms with Gasteiger partial charge < -0.3 is 10.5 Å². The van der Waals surface area contributed by atoms with Crippen molar-refractivity contribution in [3.05, 3.63) is 34.9 Å². The van der Waals surface area contributed by atoms with Crippen LogP contribution in [-0.4, -0.2) is 41.4 Å². The second kappa shape index (κ2) is 8.48. The molecule has 25 heavy (non-hydrogen) atoms. The van der Waals surface area contributed by atoms with Crippen LogP contribution in [0.15, 0.2) is 23.4 Å². The average Bonchev–Trinajstić information content (AvgIpc) is 2.48. The summed E-state index contributed by atoms with van der Waals surface area (Å²) in [5.41, 5.74) is 4.41. The van der Waals surface area contributed by atoms with Crippen molar-refractivity contribution in [3.63, 3.8) is 0 Å². The third-order valence-corrected chi connectivity index (χ3v) is 4.73. The van der Waals surface area contributed by atoms with Gasteiger partial charge >= 0.3 is 0 Å². The number of hydrogen-bond donors (Lipinski definition) is 2. The standard InChI is InChI=1S/C20H31N3O2/c1-15(22-19(24)12-21-25)13-23-10-6-5-7-16-11-18(20(2,3)4)9-8-17(16)14-23/h8-9,11-12,15,25H,5-7,10,13-14H2,1-4H3,(H,22,24)/b21-12-/t15-/m0/s1. The largest absolute Gasteiger partial charge is 0.411 e. The van der Waals surface area contributed by atoms with Gasteiger partial charge in [0.1, 0.15) is 6.21 Å². The van der Waals surface area contributed by atoms with Crippen LogP contribution in [0.1, 0.15) is 57.2 Å². The van der Waals surface area contributed by atoms with E-state index in [2.05, 4.69) is 54.3 Å². The van der Waals surface area contributed by atoms with Crippen molar-refractivity contribution in [1.82, 2.24) is 10.2 Å². The molecular formula is C20H31N3O2. The SMILES string of the molecule is C[C@@H](CN1CCCCc2cc(C(C)(C)C)ccc2C1)NC(=O)/C=N\O. The van der Waals surface area contributed by atoms with E-state index in [0.29, 0.717) is 0 Å². The molecule has 0 bridgehead atoms. The Bertz CT molecular complexity index is 620. The van der Waals surface area contributed by atoms with E-state index in [4.69, 9.17) is 5.21 Å². The Morgan fingerprint density at radius 1 is 1.36 bits per heavy atom. The molecule has 2 rings (SSSR count). The zero-order valence-corrected chi connectivity index (χ0v) is 15.9. The topological polar surface area (TPSA) is 64.9 Å². The summed E-state index contributed by atoms with van der Waals surface area (Å²) in [5, 5.41) is 14.0. The van der Waals surface area contributed by atoms with Gasteiger partial charge in [0.15, 0.2) is 0 Å². The highest BCUT2D eigenvalue weighted by atomic mass is 16.4. The van der Waals surface area contributed by atoms with Crippen molar-refractivity contribution < 1.29 is 10.0 Å². The third-order valence-electron chi connectivity index (χ3n) is 4.73. The van der Waals surface area contributed by atoms with Gasteiger partial charge in [0, 0.05) is 19.1 Å². The molecule has 5 heteroatoms. The second-order valence-corrected chi connectivity index (χ2v) is 8.08. The van der Waals surface area contributed by atoms with Gasteiger partial charge in [-0.15, -0.1) is 0 Å². The fraction of sp³-hybridized carbons (Fsp3) is 0.600. The Balaban J connectivity index is 2.08. The maximum absolute atomic E-state index is 11.5. The number of nitrogens with one attached hydrogen (secondary N) is 1. The van der Waals surface area contributed by atoms with Crippen LogP contribution in [0.5, 0.6) is 0 Å². The smallest absolute Gasteiger partial charge is 0.266 e. The van der Waals surface area contributed by atoms with Crippen LogP contribution < -0.4 is 5.32 Å². The Morgan fingerprint density at radius 3 is 2.80 bits per heavy atom. The molecule has 0 aromatic heterocycles. The predicted octanol–water partition coefficient (Wildman–Crippen LogP) is 3.09. The van der Waals surface area contributed by atoms with Crippen LogP contribution in [0.4, 0.5) is 0 Å². The molecule has 0 spiro atoms. The van der Waals surface area contributed by atoms with Crippen LogP contribution in [-0.2, 0) is 23.2 Å². The normalized spacial score (nSPS) is 17.6. The number of benzene rings is 1. The molecule has 1 amide bonds. The van der Waals surface area contributed by atoms with Gasteiger partial charge in [0.05, 0.1) is 0 Å². The van der Waals surface area contributed by atoms with Gasteiger partial charge in [-0.25, -0.2) is 0 Å². The maximum atomic E-state index is 11.5. The lowest BCUT2D eigenvalue weighted by Gasteiger charge is -2.30. The predicted molar refractivity (Wildman–Crippen MR) is 101 cm³/mol. The fourth-order valence-corrected chi connectivity index (χ4v) is 3.37. The Labute approximate surface area is 151 Å². The highest BCUT2D eigenvalue weighted by molar-refractivity contribution is 6.26. The van der Waals surface area contributed by atoms with E-state index in [-0.39, 0.29) is 17.4 Å². The lowest BCUT2D eigenvalue weighted by Crippen LogP contribution is -2.42. The number of fused-ring (bicyclic) bond motifs is 1. The minimum absolute atomic E-state index is 0.00206. The Morgan fingerprint density at radius 2 is 2.12 bits per heavy atom. The first-order valence-electron chi connectivity index (χ1n) is 9.12. The van der Waals surface area contributed by atoms with E-state index >= 15 is 0 Å². The summed E-state index contributed by atoms with van der Waals surface area (Å²) in [6.45, 7) is 11.5. The van der Waals surface area contributed by atoms with Gasteiger partial charge in [-0.2, -0.15) is 0 Å². The van der Waals surface area contributed by atoms with E-state index in [1.54, 1.807) is 0 Å². The van der Waals surface area contributed by atoms with Gasteiger partial charge in [-0.3, -0.25) is 9.69 Å². The number of nitrogens with zero attached hydrogens (tertiary/aromatic N) is 2. The molecule has 1 heterocycles. The molecule has 1 atom stereocenters. The van der Waals surface area contributed by atoms with Crippen LogP contribution in [0.25, 0.3) is 0 Å². The van der Waals surface area contributed by atoms with Crippen LogP contribution >= 0.6 is 0 Å². The molecule has 0 unspecified atom stereocenters. The molecule has 1 aliphatic heterocycles. The monoisotopic (exact) mass is 345 g/mol. The van der Waals surface area contributed by atoms with Crippen LogP contribution in [0, 0.1) is 0 Å². The third kappa shape index (κ3) is 5.85.